The number of nitro groups is 1. The van der Waals surface area contributed by atoms with Crippen molar-refractivity contribution in [2.24, 2.45) is 5.41 Å². The summed E-state index contributed by atoms with van der Waals surface area (Å²) in [6.07, 6.45) is 6.26. The summed E-state index contributed by atoms with van der Waals surface area (Å²) < 4.78 is 42.9. The summed E-state index contributed by atoms with van der Waals surface area (Å²) in [5.41, 5.74) is 6.83. The monoisotopic (exact) mass is 907 g/mol. The van der Waals surface area contributed by atoms with Crippen molar-refractivity contribution in [2.75, 3.05) is 71.0 Å². The number of nitrogens with zero attached hydrogens (tertiary/aromatic N) is 7. The number of morpholine rings is 1. The Balaban J connectivity index is 0.972. The van der Waals surface area contributed by atoms with Crippen LogP contribution < -0.4 is 14.4 Å². The van der Waals surface area contributed by atoms with Crippen molar-refractivity contribution in [1.29, 1.82) is 0 Å². The minimum atomic E-state index is -4.61. The largest absolute Gasteiger partial charge is 0.484 e. The van der Waals surface area contributed by atoms with Gasteiger partial charge in [0.15, 0.2) is 5.75 Å². The number of rotatable bonds is 12. The van der Waals surface area contributed by atoms with Gasteiger partial charge in [-0.3, -0.25) is 19.8 Å². The van der Waals surface area contributed by atoms with Gasteiger partial charge in [0, 0.05) is 74.2 Å². The van der Waals surface area contributed by atoms with Crippen LogP contribution in [0.4, 0.5) is 11.4 Å². The maximum Gasteiger partial charge on any atom is 0.312 e. The number of H-pyrrole nitrogens is 1. The minimum absolute atomic E-state index is 0.0268. The highest BCUT2D eigenvalue weighted by Gasteiger charge is 2.31. The summed E-state index contributed by atoms with van der Waals surface area (Å²) in [6.45, 7) is 10.5. The number of fused-ring (bicyclic) bond motifs is 2. The van der Waals surface area contributed by atoms with E-state index in [0.29, 0.717) is 35.5 Å². The van der Waals surface area contributed by atoms with Crippen molar-refractivity contribution in [3.8, 4) is 11.4 Å². The van der Waals surface area contributed by atoms with Crippen LogP contribution in [0.3, 0.4) is 0 Å². The number of likely N-dealkylation sites (N-methyl/N-ethyl adjacent to an activating group) is 1. The number of aromatic amines is 1. The van der Waals surface area contributed by atoms with E-state index in [4.69, 9.17) is 26.1 Å². The molecule has 2 saturated heterocycles. The number of sulfonamides is 1. The summed E-state index contributed by atoms with van der Waals surface area (Å²) in [5, 5.41) is 18.3. The Labute approximate surface area is 376 Å². The first-order valence-electron chi connectivity index (χ1n) is 21.4. The molecule has 1 atom stereocenters. The predicted octanol–water partition coefficient (Wildman–Crippen LogP) is 7.08. The zero-order valence-electron chi connectivity index (χ0n) is 35.9. The van der Waals surface area contributed by atoms with Crippen LogP contribution in [0.1, 0.15) is 49.0 Å². The molecule has 64 heavy (non-hydrogen) atoms. The first-order valence-corrected chi connectivity index (χ1v) is 23.2. The van der Waals surface area contributed by atoms with Gasteiger partial charge in [-0.2, -0.15) is 5.10 Å². The van der Waals surface area contributed by atoms with Crippen molar-refractivity contribution in [2.45, 2.75) is 44.1 Å². The van der Waals surface area contributed by atoms with Crippen molar-refractivity contribution in [1.82, 2.24) is 34.3 Å². The number of aromatic nitrogens is 4. The average molecular weight is 908 g/mol. The van der Waals surface area contributed by atoms with Gasteiger partial charge in [0.05, 0.1) is 39.4 Å². The molecule has 2 fully saturated rings. The van der Waals surface area contributed by atoms with Gasteiger partial charge < -0.3 is 24.3 Å². The van der Waals surface area contributed by atoms with Crippen molar-refractivity contribution < 1.29 is 27.6 Å². The van der Waals surface area contributed by atoms with E-state index in [0.717, 1.165) is 80.7 Å². The first kappa shape index (κ1) is 43.4. The molecule has 1 aliphatic carbocycles. The van der Waals surface area contributed by atoms with E-state index < -0.39 is 31.4 Å². The van der Waals surface area contributed by atoms with Crippen molar-refractivity contribution in [3.63, 3.8) is 0 Å². The Kier molecular flexibility index (Phi) is 11.9. The molecule has 2 N–H and O–H groups in total. The van der Waals surface area contributed by atoms with Crippen LogP contribution in [0.2, 0.25) is 5.02 Å². The van der Waals surface area contributed by atoms with Gasteiger partial charge in [0.2, 0.25) is 0 Å². The molecule has 2 aliphatic heterocycles. The lowest BCUT2D eigenvalue weighted by Crippen LogP contribution is -2.47. The fraction of sp³-hybridized carbons (Fsp3) is 0.370. The zero-order valence-corrected chi connectivity index (χ0v) is 37.5. The number of carbonyl (C=O) groups excluding carboxylic acids is 1. The summed E-state index contributed by atoms with van der Waals surface area (Å²) >= 11 is 6.26. The maximum absolute atomic E-state index is 14.2. The Hall–Kier alpha value is -5.85. The fourth-order valence-corrected chi connectivity index (χ4v) is 10.0. The van der Waals surface area contributed by atoms with Gasteiger partial charge in [0.25, 0.3) is 15.9 Å². The fourth-order valence-electron chi connectivity index (χ4n) is 8.91. The number of nitro benzene ring substituents is 1. The Morgan fingerprint density at radius 2 is 1.84 bits per heavy atom. The molecule has 3 aliphatic rings. The van der Waals surface area contributed by atoms with Crippen LogP contribution in [-0.2, 0) is 14.8 Å². The van der Waals surface area contributed by atoms with Crippen LogP contribution in [0.5, 0.6) is 5.75 Å². The molecule has 0 radical (unpaired) electrons. The van der Waals surface area contributed by atoms with Gasteiger partial charge in [-0.25, -0.2) is 22.8 Å². The minimum Gasteiger partial charge on any atom is -0.484 e. The molecule has 18 heteroatoms. The summed E-state index contributed by atoms with van der Waals surface area (Å²) in [5.74, 6) is -1.05. The predicted molar refractivity (Wildman–Crippen MR) is 246 cm³/mol. The number of ether oxygens (including phenoxy) is 2. The van der Waals surface area contributed by atoms with Gasteiger partial charge in [-0.1, -0.05) is 43.2 Å². The molecule has 5 heterocycles. The summed E-state index contributed by atoms with van der Waals surface area (Å²) in [6, 6.07) is 20.5. The molecule has 0 saturated carbocycles. The van der Waals surface area contributed by atoms with Crippen LogP contribution in [0.15, 0.2) is 95.7 Å². The summed E-state index contributed by atoms with van der Waals surface area (Å²) in [4.78, 5) is 39.8. The van der Waals surface area contributed by atoms with Crippen LogP contribution in [0.25, 0.3) is 33.3 Å². The summed E-state index contributed by atoms with van der Waals surface area (Å²) in [7, 11) is -2.67. The number of anilines is 1. The molecular weight excluding hydrogens is 858 g/mol. The first-order chi connectivity index (χ1) is 30.7. The second-order valence-electron chi connectivity index (χ2n) is 17.6. The molecule has 9 rings (SSSR count). The van der Waals surface area contributed by atoms with Gasteiger partial charge in [-0.05, 0) is 97.5 Å². The van der Waals surface area contributed by atoms with E-state index >= 15 is 0 Å². The molecule has 3 aromatic heterocycles. The number of piperazine rings is 1. The molecule has 1 amide bonds. The van der Waals surface area contributed by atoms with Crippen LogP contribution in [0, 0.1) is 15.5 Å². The average Bonchev–Trinajstić information content (AvgIpc) is 3.92. The highest BCUT2D eigenvalue weighted by molar-refractivity contribution is 7.90. The third-order valence-electron chi connectivity index (χ3n) is 12.5. The third-order valence-corrected chi connectivity index (χ3v) is 14.1. The number of amides is 1. The topological polar surface area (TPSA) is 181 Å². The zero-order chi connectivity index (χ0) is 44.8. The van der Waals surface area contributed by atoms with Gasteiger partial charge in [-0.15, -0.1) is 0 Å². The SMILES string of the molecule is CN1CCO[C@H](COc2ccc(S(=O)(=O)NC(=O)c3ccc(N4CCN(CC5=C(c6ccc(Cl)cc6)CC(C)(C)CC5)CC4)cc3-n3ncc4nc5[nH]ccc5cc43)cc2[N+](=O)[O-])C1. The maximum atomic E-state index is 14.2. The van der Waals surface area contributed by atoms with Gasteiger partial charge in [0.1, 0.15) is 23.9 Å². The highest BCUT2D eigenvalue weighted by Crippen LogP contribution is 2.43. The highest BCUT2D eigenvalue weighted by atomic mass is 35.5. The van der Waals surface area contributed by atoms with E-state index in [-0.39, 0.29) is 29.4 Å². The molecular formula is C46H50ClN9O7S. The Bertz CT molecular complexity index is 2890. The lowest BCUT2D eigenvalue weighted by atomic mass is 9.72. The normalized spacial score (nSPS) is 18.8. The molecule has 6 aromatic rings. The van der Waals surface area contributed by atoms with Crippen molar-refractivity contribution >= 4 is 66.5 Å². The number of halogens is 1. The van der Waals surface area contributed by atoms with Crippen LogP contribution >= 0.6 is 11.6 Å². The van der Waals surface area contributed by atoms with Crippen molar-refractivity contribution in [3.05, 3.63) is 117 Å². The van der Waals surface area contributed by atoms with Crippen LogP contribution in [-0.4, -0.2) is 121 Å². The van der Waals surface area contributed by atoms with E-state index in [1.807, 2.05) is 43.4 Å². The number of nitrogens with one attached hydrogen (secondary N) is 2. The van der Waals surface area contributed by atoms with E-state index in [9.17, 15) is 23.3 Å². The third kappa shape index (κ3) is 9.21. The number of hydrogen-bond donors (Lipinski definition) is 2. The second kappa shape index (κ2) is 17.6. The van der Waals surface area contributed by atoms with Gasteiger partial charge >= 0.3 is 5.69 Å². The molecule has 3 aromatic carbocycles. The number of carbonyl (C=O) groups is 1. The lowest BCUT2D eigenvalue weighted by Gasteiger charge is -2.39. The molecule has 0 bridgehead atoms. The quantitative estimate of drug-likeness (QED) is 0.0943. The second-order valence-corrected chi connectivity index (χ2v) is 19.8. The van der Waals surface area contributed by atoms with E-state index in [2.05, 4.69) is 55.5 Å². The number of benzene rings is 3. The van der Waals surface area contributed by atoms with E-state index in [1.54, 1.807) is 23.1 Å². The van der Waals surface area contributed by atoms with E-state index in [1.165, 1.54) is 28.8 Å². The Morgan fingerprint density at radius 3 is 2.61 bits per heavy atom. The standard InChI is InChI=1S/C46H50ClN9O7S/c1-46(2)14-12-32(38(25-46)30-4-6-33(47)7-5-30)27-53-16-18-54(19-17-53)34-8-10-37(40(23-34)55-41-22-31-13-15-48-44(31)50-39(41)26-49-55)45(57)51-64(60,61)36-9-11-43(42(24-36)56(58)59)63-29-35-28-52(3)20-21-62-35/h4-11,13,15,22-24,26,35H,12,14,16-21,25,27-29H2,1-3H3,(H,48,50)(H,51,57)/t35-/m0/s1. The lowest BCUT2D eigenvalue weighted by molar-refractivity contribution is -0.386. The molecule has 16 nitrogen and oxygen atoms in total. The molecule has 0 unspecified atom stereocenters. The molecule has 0 spiro atoms. The number of pyridine rings is 1. The smallest absolute Gasteiger partial charge is 0.312 e. The number of hydrogen-bond acceptors (Lipinski definition) is 12. The molecule has 334 valence electrons. The Morgan fingerprint density at radius 1 is 1.05 bits per heavy atom. The number of allylic oxidation sites excluding steroid dienone is 1.